The molecule has 0 saturated heterocycles. The summed E-state index contributed by atoms with van der Waals surface area (Å²) in [7, 11) is 0. The number of carbonyl (C=O) groups is 1. The van der Waals surface area contributed by atoms with Crippen molar-refractivity contribution in [3.8, 4) is 17.6 Å². The van der Waals surface area contributed by atoms with Crippen molar-refractivity contribution in [1.82, 2.24) is 9.97 Å². The normalized spacial score (nSPS) is 11.2. The molecule has 1 amide bonds. The molecule has 2 N–H and O–H groups in total. The Morgan fingerprint density at radius 1 is 1.14 bits per heavy atom. The maximum absolute atomic E-state index is 13.5. The number of nitrogens with zero attached hydrogens (tertiary/aromatic N) is 2. The highest BCUT2D eigenvalue weighted by Crippen LogP contribution is 2.30. The van der Waals surface area contributed by atoms with E-state index in [4.69, 9.17) is 9.47 Å². The first kappa shape index (κ1) is 23.5. The maximum Gasteiger partial charge on any atom is 0.262 e. The van der Waals surface area contributed by atoms with Crippen LogP contribution in [0.25, 0.3) is 22.7 Å². The van der Waals surface area contributed by atoms with Crippen LogP contribution in [-0.2, 0) is 4.79 Å². The Morgan fingerprint density at radius 2 is 1.97 bits per heavy atom. The van der Waals surface area contributed by atoms with Crippen LogP contribution in [0, 0.1) is 24.1 Å². The molecule has 0 saturated carbocycles. The van der Waals surface area contributed by atoms with Crippen LogP contribution in [-0.4, -0.2) is 29.1 Å². The molecule has 4 aromatic rings. The van der Waals surface area contributed by atoms with Crippen molar-refractivity contribution in [2.45, 2.75) is 13.8 Å². The lowest BCUT2D eigenvalue weighted by molar-refractivity contribution is -0.118. The van der Waals surface area contributed by atoms with Crippen molar-refractivity contribution >= 4 is 34.3 Å². The summed E-state index contributed by atoms with van der Waals surface area (Å²) in [5.74, 6) is 0.404. The number of anilines is 1. The fraction of sp³-hybridized carbons (Fsp3) is 0.148. The van der Waals surface area contributed by atoms with E-state index < -0.39 is 11.7 Å². The van der Waals surface area contributed by atoms with Crippen molar-refractivity contribution in [3.63, 3.8) is 0 Å². The molecular formula is C27H23FN4O3. The quantitative estimate of drug-likeness (QED) is 0.332. The minimum Gasteiger partial charge on any atom is -0.490 e. The van der Waals surface area contributed by atoms with Gasteiger partial charge in [-0.2, -0.15) is 5.26 Å². The number of rotatable bonds is 8. The summed E-state index contributed by atoms with van der Waals surface area (Å²) in [4.78, 5) is 20.0. The number of imidazole rings is 1. The molecule has 35 heavy (non-hydrogen) atoms. The van der Waals surface area contributed by atoms with Crippen LogP contribution in [0.3, 0.4) is 0 Å². The second kappa shape index (κ2) is 10.5. The predicted molar refractivity (Wildman–Crippen MR) is 132 cm³/mol. The van der Waals surface area contributed by atoms with Crippen LogP contribution >= 0.6 is 0 Å². The number of para-hydroxylation sites is 2. The molecule has 7 nitrogen and oxygen atoms in total. The zero-order valence-corrected chi connectivity index (χ0v) is 19.3. The Balaban J connectivity index is 1.51. The zero-order valence-electron chi connectivity index (χ0n) is 19.3. The molecule has 3 aromatic carbocycles. The van der Waals surface area contributed by atoms with Crippen LogP contribution in [0.2, 0.25) is 0 Å². The first-order valence-electron chi connectivity index (χ1n) is 11.0. The van der Waals surface area contributed by atoms with Crippen molar-refractivity contribution in [2.75, 3.05) is 18.5 Å². The highest BCUT2D eigenvalue weighted by Gasteiger charge is 2.12. The zero-order chi connectivity index (χ0) is 24.8. The topological polar surface area (TPSA) is 100 Å². The third-order valence-corrected chi connectivity index (χ3v) is 5.18. The first-order valence-corrected chi connectivity index (χ1v) is 11.0. The number of benzene rings is 3. The SMILES string of the molecule is CCOc1cc(/C=C(\C#N)c2nc3ccccc3[nH]2)ccc1OCC(=O)Nc1cc(F)ccc1C. The van der Waals surface area contributed by atoms with Crippen LogP contribution < -0.4 is 14.8 Å². The Morgan fingerprint density at radius 3 is 2.74 bits per heavy atom. The fourth-order valence-corrected chi connectivity index (χ4v) is 3.46. The molecule has 0 atom stereocenters. The molecule has 0 aliphatic carbocycles. The summed E-state index contributed by atoms with van der Waals surface area (Å²) < 4.78 is 24.8. The average Bonchev–Trinajstić information content (AvgIpc) is 3.28. The fourth-order valence-electron chi connectivity index (χ4n) is 3.46. The van der Waals surface area contributed by atoms with Gasteiger partial charge in [0.2, 0.25) is 0 Å². The lowest BCUT2D eigenvalue weighted by Gasteiger charge is -2.13. The van der Waals surface area contributed by atoms with Crippen LogP contribution in [0.4, 0.5) is 10.1 Å². The van der Waals surface area contributed by atoms with Crippen LogP contribution in [0.15, 0.2) is 60.7 Å². The van der Waals surface area contributed by atoms with Gasteiger partial charge in [0, 0.05) is 5.69 Å². The van der Waals surface area contributed by atoms with Gasteiger partial charge in [0.15, 0.2) is 18.1 Å². The monoisotopic (exact) mass is 470 g/mol. The van der Waals surface area contributed by atoms with E-state index in [1.807, 2.05) is 31.2 Å². The van der Waals surface area contributed by atoms with Gasteiger partial charge in [-0.3, -0.25) is 4.79 Å². The molecule has 0 bridgehead atoms. The van der Waals surface area contributed by atoms with E-state index in [2.05, 4.69) is 21.4 Å². The molecule has 0 unspecified atom stereocenters. The summed E-state index contributed by atoms with van der Waals surface area (Å²) in [6.07, 6.45) is 1.70. The second-order valence-corrected chi connectivity index (χ2v) is 7.71. The lowest BCUT2D eigenvalue weighted by atomic mass is 10.1. The van der Waals surface area contributed by atoms with E-state index in [0.29, 0.717) is 40.8 Å². The first-order chi connectivity index (χ1) is 17.0. The predicted octanol–water partition coefficient (Wildman–Crippen LogP) is 5.49. The maximum atomic E-state index is 13.5. The van der Waals surface area contributed by atoms with Gasteiger partial charge in [0.1, 0.15) is 17.7 Å². The number of H-pyrrole nitrogens is 1. The number of aryl methyl sites for hydroxylation is 1. The molecule has 1 aromatic heterocycles. The van der Waals surface area contributed by atoms with Gasteiger partial charge in [-0.25, -0.2) is 9.37 Å². The molecular weight excluding hydrogens is 447 g/mol. The van der Waals surface area contributed by atoms with E-state index in [1.165, 1.54) is 12.1 Å². The molecule has 0 fully saturated rings. The minimum atomic E-state index is -0.437. The number of hydrogen-bond donors (Lipinski definition) is 2. The van der Waals surface area contributed by atoms with Gasteiger partial charge in [-0.1, -0.05) is 24.3 Å². The molecule has 8 heteroatoms. The van der Waals surface area contributed by atoms with Gasteiger partial charge in [0.05, 0.1) is 23.2 Å². The number of halogens is 1. The number of ether oxygens (including phenoxy) is 2. The number of carbonyl (C=O) groups excluding carboxylic acids is 1. The average molecular weight is 471 g/mol. The van der Waals surface area contributed by atoms with E-state index in [0.717, 1.165) is 16.6 Å². The molecule has 176 valence electrons. The Bertz CT molecular complexity index is 1420. The Kier molecular flexibility index (Phi) is 7.07. The number of allylic oxidation sites excluding steroid dienone is 1. The van der Waals surface area contributed by atoms with Crippen molar-refractivity contribution < 1.29 is 18.7 Å². The molecule has 4 rings (SSSR count). The van der Waals surface area contributed by atoms with Crippen molar-refractivity contribution in [3.05, 3.63) is 83.4 Å². The molecule has 1 heterocycles. The van der Waals surface area contributed by atoms with Crippen molar-refractivity contribution in [1.29, 1.82) is 5.26 Å². The Hall–Kier alpha value is -4.64. The van der Waals surface area contributed by atoms with Crippen molar-refractivity contribution in [2.24, 2.45) is 0 Å². The lowest BCUT2D eigenvalue weighted by Crippen LogP contribution is -2.21. The summed E-state index contributed by atoms with van der Waals surface area (Å²) in [5.41, 5.74) is 3.81. The number of nitrogens with one attached hydrogen (secondary N) is 2. The largest absolute Gasteiger partial charge is 0.490 e. The number of hydrogen-bond acceptors (Lipinski definition) is 5. The van der Waals surface area contributed by atoms with E-state index in [-0.39, 0.29) is 6.61 Å². The highest BCUT2D eigenvalue weighted by atomic mass is 19.1. The van der Waals surface area contributed by atoms with Gasteiger partial charge in [-0.15, -0.1) is 0 Å². The molecule has 0 spiro atoms. The number of aromatic nitrogens is 2. The number of amides is 1. The van der Waals surface area contributed by atoms with Gasteiger partial charge >= 0.3 is 0 Å². The molecule has 0 aliphatic heterocycles. The smallest absolute Gasteiger partial charge is 0.262 e. The third kappa shape index (κ3) is 5.65. The van der Waals surface area contributed by atoms with Gasteiger partial charge in [0.25, 0.3) is 5.91 Å². The number of nitriles is 1. The van der Waals surface area contributed by atoms with Gasteiger partial charge < -0.3 is 19.8 Å². The van der Waals surface area contributed by atoms with Crippen LogP contribution in [0.1, 0.15) is 23.9 Å². The third-order valence-electron chi connectivity index (χ3n) is 5.18. The van der Waals surface area contributed by atoms with E-state index in [9.17, 15) is 14.4 Å². The summed E-state index contributed by atoms with van der Waals surface area (Å²) in [6, 6.07) is 19.1. The number of fused-ring (bicyclic) bond motifs is 1. The Labute approximate surface area is 201 Å². The summed E-state index contributed by atoms with van der Waals surface area (Å²) >= 11 is 0. The highest BCUT2D eigenvalue weighted by molar-refractivity contribution is 5.93. The van der Waals surface area contributed by atoms with E-state index in [1.54, 1.807) is 37.3 Å². The second-order valence-electron chi connectivity index (χ2n) is 7.71. The molecule has 0 radical (unpaired) electrons. The molecule has 0 aliphatic rings. The van der Waals surface area contributed by atoms with E-state index >= 15 is 0 Å². The van der Waals surface area contributed by atoms with Crippen LogP contribution in [0.5, 0.6) is 11.5 Å². The number of aromatic amines is 1. The minimum absolute atomic E-state index is 0.284. The summed E-state index contributed by atoms with van der Waals surface area (Å²) in [6.45, 7) is 3.71. The summed E-state index contributed by atoms with van der Waals surface area (Å²) in [5, 5.41) is 12.3. The van der Waals surface area contributed by atoms with Gasteiger partial charge in [-0.05, 0) is 67.4 Å². The standard InChI is InChI=1S/C27H23FN4O3/c1-3-34-25-13-18(12-19(15-29)27-31-21-6-4-5-7-22(21)32-27)9-11-24(25)35-16-26(33)30-23-14-20(28)10-8-17(23)2/h4-14H,3,16H2,1-2H3,(H,30,33)(H,31,32)/b19-12+.